The Balaban J connectivity index is 0.000000360. The van der Waals surface area contributed by atoms with Crippen molar-refractivity contribution in [1.29, 1.82) is 0 Å². The first-order valence-corrected chi connectivity index (χ1v) is 2.55. The molecule has 0 aliphatic carbocycles. The van der Waals surface area contributed by atoms with E-state index in [1.807, 2.05) is 0 Å². The quantitative estimate of drug-likeness (QED) is 0.425. The van der Waals surface area contributed by atoms with Crippen molar-refractivity contribution in [2.24, 2.45) is 0 Å². The third kappa shape index (κ3) is 2.12. The highest BCUT2D eigenvalue weighted by Crippen LogP contribution is 2.08. The van der Waals surface area contributed by atoms with Gasteiger partial charge in [-0.3, -0.25) is 0 Å². The van der Waals surface area contributed by atoms with Gasteiger partial charge in [0.2, 0.25) is 0 Å². The molecule has 1 saturated heterocycles. The van der Waals surface area contributed by atoms with E-state index in [0.717, 1.165) is 19.6 Å². The monoisotopic (exact) mass is 124 g/mol. The predicted octanol–water partition coefficient (Wildman–Crippen LogP) is 0.189. The number of rotatable bonds is 0. The standard InChI is InChI=1S/C4H7ClO.H2O/c5-4-1-2-6-3-4;/h4H,1-3H2;1H2. The van der Waals surface area contributed by atoms with E-state index in [0.29, 0.717) is 5.38 Å². The maximum atomic E-state index is 5.59. The second kappa shape index (κ2) is 3.24. The average Bonchev–Trinajstić information content (AvgIpc) is 1.86. The Morgan fingerprint density at radius 2 is 2.29 bits per heavy atom. The van der Waals surface area contributed by atoms with Gasteiger partial charge in [-0.15, -0.1) is 11.6 Å². The SMILES string of the molecule is ClC1CCOC1.O. The zero-order valence-corrected chi connectivity index (χ0v) is 4.74. The van der Waals surface area contributed by atoms with Crippen molar-refractivity contribution < 1.29 is 10.2 Å². The van der Waals surface area contributed by atoms with Gasteiger partial charge in [-0.1, -0.05) is 0 Å². The lowest BCUT2D eigenvalue weighted by molar-refractivity contribution is 0.198. The van der Waals surface area contributed by atoms with Crippen molar-refractivity contribution in [2.75, 3.05) is 13.2 Å². The highest BCUT2D eigenvalue weighted by atomic mass is 35.5. The fraction of sp³-hybridized carbons (Fsp3) is 1.00. The molecule has 7 heavy (non-hydrogen) atoms. The van der Waals surface area contributed by atoms with E-state index in [4.69, 9.17) is 16.3 Å². The summed E-state index contributed by atoms with van der Waals surface area (Å²) in [4.78, 5) is 0. The van der Waals surface area contributed by atoms with E-state index >= 15 is 0 Å². The molecular formula is C4H9ClO2. The molecule has 0 spiro atoms. The summed E-state index contributed by atoms with van der Waals surface area (Å²) >= 11 is 5.59. The maximum Gasteiger partial charge on any atom is 0.0630 e. The minimum absolute atomic E-state index is 0. The molecular weight excluding hydrogens is 115 g/mol. The van der Waals surface area contributed by atoms with E-state index in [1.165, 1.54) is 0 Å². The number of hydrogen-bond acceptors (Lipinski definition) is 1. The van der Waals surface area contributed by atoms with Crippen LogP contribution in [0.4, 0.5) is 0 Å². The Morgan fingerprint density at radius 3 is 2.43 bits per heavy atom. The second-order valence-electron chi connectivity index (χ2n) is 1.46. The molecule has 1 rings (SSSR count). The van der Waals surface area contributed by atoms with Gasteiger partial charge in [0.25, 0.3) is 0 Å². The van der Waals surface area contributed by atoms with Crippen LogP contribution in [0, 0.1) is 0 Å². The van der Waals surface area contributed by atoms with Gasteiger partial charge in [-0.05, 0) is 6.42 Å². The summed E-state index contributed by atoms with van der Waals surface area (Å²) in [6.07, 6.45) is 1.03. The number of hydrogen-bond donors (Lipinski definition) is 0. The maximum absolute atomic E-state index is 5.59. The summed E-state index contributed by atoms with van der Waals surface area (Å²) in [6.45, 7) is 1.61. The molecule has 1 aliphatic rings. The molecule has 1 fully saturated rings. The minimum atomic E-state index is 0. The number of ether oxygens (including phenoxy) is 1. The molecule has 0 bridgehead atoms. The first-order chi connectivity index (χ1) is 2.89. The Bertz CT molecular complexity index is 43.0. The van der Waals surface area contributed by atoms with Crippen LogP contribution in [0.5, 0.6) is 0 Å². The van der Waals surface area contributed by atoms with Gasteiger partial charge in [0.05, 0.1) is 12.0 Å². The molecule has 1 aliphatic heterocycles. The first kappa shape index (κ1) is 7.21. The fourth-order valence-electron chi connectivity index (χ4n) is 0.506. The van der Waals surface area contributed by atoms with Crippen molar-refractivity contribution in [3.05, 3.63) is 0 Å². The summed E-state index contributed by atoms with van der Waals surface area (Å²) in [6, 6.07) is 0. The predicted molar refractivity (Wildman–Crippen MR) is 28.7 cm³/mol. The second-order valence-corrected chi connectivity index (χ2v) is 2.08. The highest BCUT2D eigenvalue weighted by molar-refractivity contribution is 6.20. The molecule has 0 saturated carbocycles. The van der Waals surface area contributed by atoms with Gasteiger partial charge in [0, 0.05) is 6.61 Å². The van der Waals surface area contributed by atoms with Gasteiger partial charge < -0.3 is 10.2 Å². The molecule has 0 radical (unpaired) electrons. The van der Waals surface area contributed by atoms with Crippen LogP contribution in [0.25, 0.3) is 0 Å². The van der Waals surface area contributed by atoms with E-state index < -0.39 is 0 Å². The van der Waals surface area contributed by atoms with Crippen molar-refractivity contribution in [3.8, 4) is 0 Å². The minimum Gasteiger partial charge on any atom is -0.412 e. The largest absolute Gasteiger partial charge is 0.412 e. The zero-order chi connectivity index (χ0) is 4.41. The van der Waals surface area contributed by atoms with Gasteiger partial charge in [0.15, 0.2) is 0 Å². The Hall–Kier alpha value is 0.210. The molecule has 0 aromatic carbocycles. The van der Waals surface area contributed by atoms with Crippen LogP contribution in [0.15, 0.2) is 0 Å². The third-order valence-electron chi connectivity index (χ3n) is 0.874. The number of alkyl halides is 1. The van der Waals surface area contributed by atoms with Crippen molar-refractivity contribution >= 4 is 11.6 Å². The summed E-state index contributed by atoms with van der Waals surface area (Å²) in [5, 5.41) is 0.296. The van der Waals surface area contributed by atoms with Gasteiger partial charge in [-0.2, -0.15) is 0 Å². The molecule has 0 amide bonds. The van der Waals surface area contributed by atoms with Gasteiger partial charge in [0.1, 0.15) is 0 Å². The van der Waals surface area contributed by atoms with Crippen molar-refractivity contribution in [3.63, 3.8) is 0 Å². The lowest BCUT2D eigenvalue weighted by atomic mass is 10.4. The van der Waals surface area contributed by atoms with Gasteiger partial charge in [-0.25, -0.2) is 0 Å². The Kier molecular flexibility index (Phi) is 3.34. The van der Waals surface area contributed by atoms with Crippen LogP contribution in [-0.4, -0.2) is 24.1 Å². The topological polar surface area (TPSA) is 40.7 Å². The van der Waals surface area contributed by atoms with Crippen LogP contribution in [0.3, 0.4) is 0 Å². The van der Waals surface area contributed by atoms with E-state index in [9.17, 15) is 0 Å². The average molecular weight is 125 g/mol. The molecule has 2 nitrogen and oxygen atoms in total. The third-order valence-corrected chi connectivity index (χ3v) is 1.22. The first-order valence-electron chi connectivity index (χ1n) is 2.11. The van der Waals surface area contributed by atoms with Crippen molar-refractivity contribution in [1.82, 2.24) is 0 Å². The summed E-state index contributed by atoms with van der Waals surface area (Å²) in [7, 11) is 0. The van der Waals surface area contributed by atoms with Gasteiger partial charge >= 0.3 is 0 Å². The molecule has 0 aromatic rings. The smallest absolute Gasteiger partial charge is 0.0630 e. The summed E-state index contributed by atoms with van der Waals surface area (Å²) in [5.41, 5.74) is 0. The molecule has 2 N–H and O–H groups in total. The Morgan fingerprint density at radius 1 is 1.57 bits per heavy atom. The Labute approximate surface area is 47.7 Å². The van der Waals surface area contributed by atoms with Crippen LogP contribution in [-0.2, 0) is 4.74 Å². The fourth-order valence-corrected chi connectivity index (χ4v) is 0.684. The normalized spacial score (nSPS) is 29.6. The summed E-state index contributed by atoms with van der Waals surface area (Å²) < 4.78 is 4.92. The van der Waals surface area contributed by atoms with Crippen LogP contribution in [0.1, 0.15) is 6.42 Å². The van der Waals surface area contributed by atoms with Crippen LogP contribution in [0.2, 0.25) is 0 Å². The van der Waals surface area contributed by atoms with Crippen LogP contribution < -0.4 is 0 Å². The molecule has 3 heteroatoms. The molecule has 1 unspecified atom stereocenters. The van der Waals surface area contributed by atoms with Crippen LogP contribution >= 0.6 is 11.6 Å². The van der Waals surface area contributed by atoms with E-state index in [2.05, 4.69) is 0 Å². The summed E-state index contributed by atoms with van der Waals surface area (Å²) in [5.74, 6) is 0. The molecule has 1 atom stereocenters. The van der Waals surface area contributed by atoms with Crippen molar-refractivity contribution in [2.45, 2.75) is 11.8 Å². The molecule has 44 valence electrons. The highest BCUT2D eigenvalue weighted by Gasteiger charge is 2.10. The number of halogens is 1. The molecule has 0 aromatic heterocycles. The zero-order valence-electron chi connectivity index (χ0n) is 3.98. The van der Waals surface area contributed by atoms with E-state index in [-0.39, 0.29) is 5.48 Å². The lowest BCUT2D eigenvalue weighted by Gasteiger charge is -1.86. The molecule has 1 heterocycles. The van der Waals surface area contributed by atoms with E-state index in [1.54, 1.807) is 0 Å². The lowest BCUT2D eigenvalue weighted by Crippen LogP contribution is -1.92.